The molecule has 0 saturated heterocycles. The Kier molecular flexibility index (Phi) is 7.17. The predicted molar refractivity (Wildman–Crippen MR) is 90.9 cm³/mol. The van der Waals surface area contributed by atoms with E-state index in [9.17, 15) is 0 Å². The van der Waals surface area contributed by atoms with E-state index >= 15 is 0 Å². The molecule has 0 aliphatic rings. The highest BCUT2D eigenvalue weighted by molar-refractivity contribution is 8.00. The molecule has 1 N–H and O–H groups in total. The largest absolute Gasteiger partial charge is 0.481 e. The lowest BCUT2D eigenvalue weighted by Crippen LogP contribution is -2.26. The van der Waals surface area contributed by atoms with Crippen LogP contribution in [0.15, 0.2) is 29.0 Å². The first kappa shape index (κ1) is 18.3. The summed E-state index contributed by atoms with van der Waals surface area (Å²) in [5.74, 6) is 0.951. The third kappa shape index (κ3) is 5.93. The summed E-state index contributed by atoms with van der Waals surface area (Å²) in [6, 6.07) is 1.65. The van der Waals surface area contributed by atoms with Gasteiger partial charge in [0, 0.05) is 6.21 Å². The van der Waals surface area contributed by atoms with Crippen LogP contribution < -0.4 is 14.9 Å². The van der Waals surface area contributed by atoms with Crippen LogP contribution in [0.1, 0.15) is 20.8 Å². The Morgan fingerprint density at radius 3 is 2.36 bits per heavy atom. The minimum Gasteiger partial charge on any atom is -0.481 e. The molecule has 0 aliphatic carbocycles. The fraction of sp³-hybridized carbons (Fsp3) is 0.533. The fourth-order valence-corrected chi connectivity index (χ4v) is 2.42. The number of rotatable bonds is 8. The van der Waals surface area contributed by atoms with Gasteiger partial charge in [0.1, 0.15) is 0 Å². The highest BCUT2D eigenvalue weighted by Gasteiger charge is 2.26. The Bertz CT molecular complexity index is 493. The summed E-state index contributed by atoms with van der Waals surface area (Å²) in [6.45, 7) is 10.7. The number of methoxy groups -OCH3 is 2. The van der Waals surface area contributed by atoms with Gasteiger partial charge >= 0.3 is 0 Å². The van der Waals surface area contributed by atoms with Gasteiger partial charge in [-0.3, -0.25) is 0 Å². The van der Waals surface area contributed by atoms with Crippen molar-refractivity contribution in [1.82, 2.24) is 15.4 Å². The first-order valence-corrected chi connectivity index (χ1v) is 7.79. The van der Waals surface area contributed by atoms with E-state index in [0.29, 0.717) is 23.5 Å². The molecule has 22 heavy (non-hydrogen) atoms. The second-order valence-corrected chi connectivity index (χ2v) is 6.68. The van der Waals surface area contributed by atoms with Gasteiger partial charge in [0.15, 0.2) is 5.16 Å². The Labute approximate surface area is 136 Å². The summed E-state index contributed by atoms with van der Waals surface area (Å²) in [4.78, 5) is 8.70. The minimum atomic E-state index is -0.0102. The van der Waals surface area contributed by atoms with Crippen molar-refractivity contribution in [3.05, 3.63) is 18.7 Å². The number of hydrazone groups is 1. The van der Waals surface area contributed by atoms with Crippen LogP contribution in [0.25, 0.3) is 0 Å². The van der Waals surface area contributed by atoms with Crippen LogP contribution in [-0.4, -0.2) is 42.2 Å². The Balaban J connectivity index is 2.93. The lowest BCUT2D eigenvalue weighted by Gasteiger charge is -2.26. The quantitative estimate of drug-likeness (QED) is 0.198. The van der Waals surface area contributed by atoms with E-state index in [1.165, 1.54) is 11.8 Å². The Hall–Kier alpha value is -1.76. The van der Waals surface area contributed by atoms with Gasteiger partial charge in [-0.1, -0.05) is 38.6 Å². The van der Waals surface area contributed by atoms with Gasteiger partial charge in [-0.05, 0) is 5.41 Å². The number of nitrogens with one attached hydrogen (secondary N) is 1. The number of hydrogen-bond donors (Lipinski definition) is 1. The van der Waals surface area contributed by atoms with Crippen LogP contribution in [0.2, 0.25) is 0 Å². The second-order valence-electron chi connectivity index (χ2n) is 5.57. The number of ether oxygens (including phenoxy) is 2. The van der Waals surface area contributed by atoms with E-state index in [2.05, 4.69) is 47.8 Å². The van der Waals surface area contributed by atoms with E-state index < -0.39 is 0 Å². The topological polar surface area (TPSA) is 68.6 Å². The molecular formula is C15H24N4O2S. The normalized spacial score (nSPS) is 13.0. The number of thioether (sulfide) groups is 1. The summed E-state index contributed by atoms with van der Waals surface area (Å²) >= 11 is 1.52. The molecule has 7 heteroatoms. The van der Waals surface area contributed by atoms with Crippen molar-refractivity contribution in [3.63, 3.8) is 0 Å². The third-order valence-corrected chi connectivity index (χ3v) is 4.18. The average molecular weight is 324 g/mol. The van der Waals surface area contributed by atoms with Crippen molar-refractivity contribution in [2.24, 2.45) is 10.5 Å². The van der Waals surface area contributed by atoms with E-state index in [4.69, 9.17) is 9.47 Å². The molecule has 0 aromatic carbocycles. The SMILES string of the molecule is C=CCN/N=C/C(Sc1nc(OC)cc(OC)n1)C(C)(C)C. The second kappa shape index (κ2) is 8.63. The van der Waals surface area contributed by atoms with Gasteiger partial charge in [0.2, 0.25) is 11.8 Å². The van der Waals surface area contributed by atoms with Gasteiger partial charge in [-0.25, -0.2) is 0 Å². The molecule has 1 rings (SSSR count). The maximum absolute atomic E-state index is 5.18. The van der Waals surface area contributed by atoms with E-state index in [-0.39, 0.29) is 10.7 Å². The summed E-state index contributed by atoms with van der Waals surface area (Å²) < 4.78 is 10.4. The average Bonchev–Trinajstić information content (AvgIpc) is 2.48. The van der Waals surface area contributed by atoms with Gasteiger partial charge in [-0.15, -0.1) is 6.58 Å². The molecule has 1 aromatic rings. The number of nitrogens with zero attached hydrogens (tertiary/aromatic N) is 3. The standard InChI is InChI=1S/C15H24N4O2S/c1-7-8-16-17-10-11(15(2,3)4)22-14-18-12(20-5)9-13(19-14)21-6/h7,9-11,16H,1,8H2,2-6H3/b17-10+. The predicted octanol–water partition coefficient (Wildman–Crippen LogP) is 2.76. The van der Waals surface area contributed by atoms with E-state index in [0.717, 1.165) is 0 Å². The molecule has 0 fully saturated rings. The van der Waals surface area contributed by atoms with Gasteiger partial charge in [0.25, 0.3) is 0 Å². The lowest BCUT2D eigenvalue weighted by atomic mass is 9.92. The van der Waals surface area contributed by atoms with Gasteiger partial charge in [0.05, 0.1) is 32.1 Å². The molecule has 0 radical (unpaired) electrons. The van der Waals surface area contributed by atoms with E-state index in [1.807, 2.05) is 6.21 Å². The molecule has 0 aliphatic heterocycles. The van der Waals surface area contributed by atoms with Crippen molar-refractivity contribution >= 4 is 18.0 Å². The third-order valence-electron chi connectivity index (χ3n) is 2.70. The van der Waals surface area contributed by atoms with Crippen LogP contribution in [-0.2, 0) is 0 Å². The van der Waals surface area contributed by atoms with Crippen molar-refractivity contribution in [3.8, 4) is 11.8 Å². The molecule has 6 nitrogen and oxygen atoms in total. The zero-order valence-electron chi connectivity index (χ0n) is 13.8. The molecular weight excluding hydrogens is 300 g/mol. The first-order chi connectivity index (χ1) is 10.4. The monoisotopic (exact) mass is 324 g/mol. The molecule has 1 heterocycles. The molecule has 0 spiro atoms. The van der Waals surface area contributed by atoms with Crippen LogP contribution in [0, 0.1) is 5.41 Å². The molecule has 0 amide bonds. The van der Waals surface area contributed by atoms with Crippen LogP contribution >= 0.6 is 11.8 Å². The minimum absolute atomic E-state index is 0.0102. The van der Waals surface area contributed by atoms with E-state index in [1.54, 1.807) is 26.4 Å². The Morgan fingerprint density at radius 1 is 1.32 bits per heavy atom. The zero-order chi connectivity index (χ0) is 16.6. The number of hydrogen-bond acceptors (Lipinski definition) is 7. The summed E-state index contributed by atoms with van der Waals surface area (Å²) in [5.41, 5.74) is 2.91. The van der Waals surface area contributed by atoms with Crippen molar-refractivity contribution in [1.29, 1.82) is 0 Å². The van der Waals surface area contributed by atoms with Crippen LogP contribution in [0.4, 0.5) is 0 Å². The highest BCUT2D eigenvalue weighted by Crippen LogP contribution is 2.34. The summed E-state index contributed by atoms with van der Waals surface area (Å²) in [6.07, 6.45) is 3.62. The first-order valence-electron chi connectivity index (χ1n) is 6.91. The van der Waals surface area contributed by atoms with Crippen molar-refractivity contribution in [2.75, 3.05) is 20.8 Å². The smallest absolute Gasteiger partial charge is 0.220 e. The van der Waals surface area contributed by atoms with Gasteiger partial charge in [-0.2, -0.15) is 15.1 Å². The summed E-state index contributed by atoms with van der Waals surface area (Å²) in [5, 5.41) is 4.90. The lowest BCUT2D eigenvalue weighted by molar-refractivity contribution is 0.364. The van der Waals surface area contributed by atoms with Gasteiger partial charge < -0.3 is 14.9 Å². The maximum atomic E-state index is 5.18. The zero-order valence-corrected chi connectivity index (χ0v) is 14.6. The van der Waals surface area contributed by atoms with Crippen LogP contribution in [0.3, 0.4) is 0 Å². The number of aromatic nitrogens is 2. The molecule has 122 valence electrons. The molecule has 0 bridgehead atoms. The van der Waals surface area contributed by atoms with Crippen molar-refractivity contribution < 1.29 is 9.47 Å². The Morgan fingerprint density at radius 2 is 1.91 bits per heavy atom. The van der Waals surface area contributed by atoms with Crippen molar-refractivity contribution in [2.45, 2.75) is 31.2 Å². The fourth-order valence-electron chi connectivity index (χ4n) is 1.43. The molecule has 1 aromatic heterocycles. The molecule has 0 saturated carbocycles. The maximum Gasteiger partial charge on any atom is 0.220 e. The molecule has 1 unspecified atom stereocenters. The highest BCUT2D eigenvalue weighted by atomic mass is 32.2. The molecule has 1 atom stereocenters. The summed E-state index contributed by atoms with van der Waals surface area (Å²) in [7, 11) is 3.14. The van der Waals surface area contributed by atoms with Crippen LogP contribution in [0.5, 0.6) is 11.8 Å².